The highest BCUT2D eigenvalue weighted by atomic mass is 79.9. The molecule has 2 heterocycles. The molecule has 0 aromatic carbocycles. The van der Waals surface area contributed by atoms with Crippen molar-refractivity contribution in [2.45, 2.75) is 12.5 Å². The lowest BCUT2D eigenvalue weighted by atomic mass is 10.2. The number of nitrogens with zero attached hydrogens (tertiary/aromatic N) is 3. The minimum Gasteiger partial charge on any atom is -0.387 e. The highest BCUT2D eigenvalue weighted by molar-refractivity contribution is 9.11. The van der Waals surface area contributed by atoms with Crippen molar-refractivity contribution in [2.75, 3.05) is 0 Å². The summed E-state index contributed by atoms with van der Waals surface area (Å²) in [5.74, 6) is 0.784. The first-order valence-electron chi connectivity index (χ1n) is 4.43. The molecule has 2 aromatic rings. The van der Waals surface area contributed by atoms with Gasteiger partial charge in [0, 0.05) is 18.3 Å². The molecule has 0 aliphatic heterocycles. The Labute approximate surface area is 99.7 Å². The van der Waals surface area contributed by atoms with E-state index < -0.39 is 6.10 Å². The number of aliphatic hydroxyl groups is 1. The Hall–Kier alpha value is -0.720. The molecule has 0 amide bonds. The van der Waals surface area contributed by atoms with E-state index in [0.29, 0.717) is 6.42 Å². The van der Waals surface area contributed by atoms with E-state index in [1.54, 1.807) is 4.68 Å². The molecule has 0 aliphatic carbocycles. The number of hydrogen-bond donors (Lipinski definition) is 1. The van der Waals surface area contributed by atoms with Gasteiger partial charge in [-0.2, -0.15) is 5.10 Å². The first-order valence-corrected chi connectivity index (χ1v) is 6.04. The van der Waals surface area contributed by atoms with Crippen LogP contribution in [0.1, 0.15) is 16.8 Å². The maximum atomic E-state index is 9.94. The summed E-state index contributed by atoms with van der Waals surface area (Å²) in [6.45, 7) is 0. The van der Waals surface area contributed by atoms with E-state index in [9.17, 15) is 5.11 Å². The van der Waals surface area contributed by atoms with Crippen LogP contribution in [0.5, 0.6) is 0 Å². The Kier molecular flexibility index (Phi) is 3.18. The fourth-order valence-corrected chi connectivity index (χ4v) is 2.70. The number of aryl methyl sites for hydroxylation is 1. The van der Waals surface area contributed by atoms with Crippen molar-refractivity contribution in [3.8, 4) is 0 Å². The maximum Gasteiger partial charge on any atom is 0.138 e. The molecule has 0 bridgehead atoms. The zero-order chi connectivity index (χ0) is 10.8. The molecule has 0 saturated heterocycles. The van der Waals surface area contributed by atoms with Gasteiger partial charge in [-0.05, 0) is 28.1 Å². The van der Waals surface area contributed by atoms with Gasteiger partial charge in [-0.3, -0.25) is 4.68 Å². The van der Waals surface area contributed by atoms with Gasteiger partial charge in [-0.25, -0.2) is 4.98 Å². The second-order valence-corrected chi connectivity index (χ2v) is 5.66. The van der Waals surface area contributed by atoms with Crippen LogP contribution in [0.15, 0.2) is 22.2 Å². The summed E-state index contributed by atoms with van der Waals surface area (Å²) in [5.41, 5.74) is 0. The molecular formula is C9H10BrN3OS. The largest absolute Gasteiger partial charge is 0.387 e. The Bertz CT molecular complexity index is 454. The van der Waals surface area contributed by atoms with E-state index in [2.05, 4.69) is 26.0 Å². The van der Waals surface area contributed by atoms with Crippen LogP contribution in [0.4, 0.5) is 0 Å². The van der Waals surface area contributed by atoms with Gasteiger partial charge in [-0.15, -0.1) is 11.3 Å². The Morgan fingerprint density at radius 2 is 2.40 bits per heavy atom. The standard InChI is InChI=1S/C9H10BrN3OS/c1-13-9(11-5-12-13)4-6(14)7-2-3-8(10)15-7/h2-3,5-6,14H,4H2,1H3. The van der Waals surface area contributed by atoms with Crippen LogP contribution in [0, 0.1) is 0 Å². The molecular weight excluding hydrogens is 278 g/mol. The third-order valence-electron chi connectivity index (χ3n) is 2.10. The summed E-state index contributed by atoms with van der Waals surface area (Å²) in [6.07, 6.45) is 1.47. The lowest BCUT2D eigenvalue weighted by Crippen LogP contribution is -2.06. The number of hydrogen-bond acceptors (Lipinski definition) is 4. The van der Waals surface area contributed by atoms with Gasteiger partial charge in [0.1, 0.15) is 12.2 Å². The second-order valence-electron chi connectivity index (χ2n) is 3.16. The average molecular weight is 288 g/mol. The number of aromatic nitrogens is 3. The molecule has 80 valence electrons. The van der Waals surface area contributed by atoms with E-state index >= 15 is 0 Å². The van der Waals surface area contributed by atoms with E-state index in [1.807, 2.05) is 19.2 Å². The van der Waals surface area contributed by atoms with Crippen molar-refractivity contribution in [1.82, 2.24) is 14.8 Å². The van der Waals surface area contributed by atoms with Crippen LogP contribution in [0.3, 0.4) is 0 Å². The van der Waals surface area contributed by atoms with E-state index in [4.69, 9.17) is 0 Å². The Morgan fingerprint density at radius 3 is 2.93 bits per heavy atom. The van der Waals surface area contributed by atoms with Crippen molar-refractivity contribution in [1.29, 1.82) is 0 Å². The predicted molar refractivity (Wildman–Crippen MR) is 61.7 cm³/mol. The third kappa shape index (κ3) is 2.45. The van der Waals surface area contributed by atoms with Crippen molar-refractivity contribution >= 4 is 27.3 Å². The highest BCUT2D eigenvalue weighted by Gasteiger charge is 2.13. The molecule has 4 nitrogen and oxygen atoms in total. The summed E-state index contributed by atoms with van der Waals surface area (Å²) in [7, 11) is 1.82. The quantitative estimate of drug-likeness (QED) is 0.938. The number of rotatable bonds is 3. The molecule has 15 heavy (non-hydrogen) atoms. The second kappa shape index (κ2) is 4.42. The summed E-state index contributed by atoms with van der Waals surface area (Å²) in [6, 6.07) is 3.84. The Balaban J connectivity index is 2.10. The number of aliphatic hydroxyl groups excluding tert-OH is 1. The molecule has 6 heteroatoms. The van der Waals surface area contributed by atoms with Crippen molar-refractivity contribution in [2.24, 2.45) is 7.05 Å². The van der Waals surface area contributed by atoms with Gasteiger partial charge in [0.15, 0.2) is 0 Å². The fourth-order valence-electron chi connectivity index (χ4n) is 1.29. The molecule has 2 rings (SSSR count). The lowest BCUT2D eigenvalue weighted by molar-refractivity contribution is 0.178. The van der Waals surface area contributed by atoms with Gasteiger partial charge in [0.2, 0.25) is 0 Å². The molecule has 1 atom stereocenters. The summed E-state index contributed by atoms with van der Waals surface area (Å²) in [4.78, 5) is 5.01. The number of thiophene rings is 1. The zero-order valence-electron chi connectivity index (χ0n) is 8.09. The summed E-state index contributed by atoms with van der Waals surface area (Å²) >= 11 is 4.90. The van der Waals surface area contributed by atoms with Gasteiger partial charge in [0.05, 0.1) is 9.89 Å². The van der Waals surface area contributed by atoms with Gasteiger partial charge in [0.25, 0.3) is 0 Å². The maximum absolute atomic E-state index is 9.94. The molecule has 0 aliphatic rings. The summed E-state index contributed by atoms with van der Waals surface area (Å²) < 4.78 is 2.70. The number of halogens is 1. The van der Waals surface area contributed by atoms with Crippen LogP contribution in [-0.4, -0.2) is 19.9 Å². The molecule has 0 fully saturated rings. The van der Waals surface area contributed by atoms with E-state index in [0.717, 1.165) is 14.5 Å². The third-order valence-corrected chi connectivity index (χ3v) is 3.83. The van der Waals surface area contributed by atoms with Crippen LogP contribution in [-0.2, 0) is 13.5 Å². The fraction of sp³-hybridized carbons (Fsp3) is 0.333. The van der Waals surface area contributed by atoms with E-state index in [-0.39, 0.29) is 0 Å². The highest BCUT2D eigenvalue weighted by Crippen LogP contribution is 2.28. The average Bonchev–Trinajstić information content (AvgIpc) is 2.77. The summed E-state index contributed by atoms with van der Waals surface area (Å²) in [5, 5.41) is 13.9. The van der Waals surface area contributed by atoms with Crippen LogP contribution < -0.4 is 0 Å². The molecule has 0 radical (unpaired) electrons. The van der Waals surface area contributed by atoms with Crippen molar-refractivity contribution in [3.05, 3.63) is 32.9 Å². The lowest BCUT2D eigenvalue weighted by Gasteiger charge is -2.06. The van der Waals surface area contributed by atoms with Crippen molar-refractivity contribution < 1.29 is 5.11 Å². The van der Waals surface area contributed by atoms with Gasteiger partial charge < -0.3 is 5.11 Å². The monoisotopic (exact) mass is 287 g/mol. The SMILES string of the molecule is Cn1ncnc1CC(O)c1ccc(Br)s1. The topological polar surface area (TPSA) is 50.9 Å². The molecule has 0 spiro atoms. The minimum absolute atomic E-state index is 0.490. The van der Waals surface area contributed by atoms with Gasteiger partial charge >= 0.3 is 0 Å². The molecule has 1 unspecified atom stereocenters. The van der Waals surface area contributed by atoms with Crippen molar-refractivity contribution in [3.63, 3.8) is 0 Å². The van der Waals surface area contributed by atoms with Crippen LogP contribution in [0.25, 0.3) is 0 Å². The predicted octanol–water partition coefficient (Wildman–Crippen LogP) is 1.92. The smallest absolute Gasteiger partial charge is 0.138 e. The first kappa shape index (κ1) is 10.8. The van der Waals surface area contributed by atoms with Crippen LogP contribution >= 0.6 is 27.3 Å². The van der Waals surface area contributed by atoms with Gasteiger partial charge in [-0.1, -0.05) is 0 Å². The first-order chi connectivity index (χ1) is 7.16. The minimum atomic E-state index is -0.510. The Morgan fingerprint density at radius 1 is 1.60 bits per heavy atom. The zero-order valence-corrected chi connectivity index (χ0v) is 10.5. The van der Waals surface area contributed by atoms with E-state index in [1.165, 1.54) is 17.7 Å². The molecule has 1 N–H and O–H groups in total. The molecule has 0 saturated carbocycles. The molecule has 2 aromatic heterocycles. The van der Waals surface area contributed by atoms with Crippen LogP contribution in [0.2, 0.25) is 0 Å². The normalized spacial score (nSPS) is 13.0.